The number of benzene rings is 1. The normalized spacial score (nSPS) is 20.9. The molecule has 1 aliphatic heterocycles. The molecule has 4 heteroatoms. The van der Waals surface area contributed by atoms with Crippen LogP contribution in [0.5, 0.6) is 0 Å². The number of hydrogen-bond donors (Lipinski definition) is 1. The number of thioether (sulfide) groups is 2. The number of nitrogens with one attached hydrogen (secondary N) is 1. The van der Waals surface area contributed by atoms with Crippen LogP contribution in [0.3, 0.4) is 0 Å². The number of fused-ring (bicyclic) bond motifs is 1. The molecule has 1 aromatic heterocycles. The van der Waals surface area contributed by atoms with E-state index in [1.54, 1.807) is 0 Å². The fourth-order valence-corrected chi connectivity index (χ4v) is 5.53. The molecule has 2 nitrogen and oxygen atoms in total. The van der Waals surface area contributed by atoms with Crippen LogP contribution < -0.4 is 5.32 Å². The third-order valence-electron chi connectivity index (χ3n) is 3.75. The van der Waals surface area contributed by atoms with Crippen LogP contribution >= 0.6 is 23.5 Å². The predicted octanol–water partition coefficient (Wildman–Crippen LogP) is 3.21. The predicted molar refractivity (Wildman–Crippen MR) is 91.9 cm³/mol. The van der Waals surface area contributed by atoms with Crippen molar-refractivity contribution >= 4 is 34.4 Å². The van der Waals surface area contributed by atoms with E-state index in [0.29, 0.717) is 11.3 Å². The SMILES string of the molecule is CNC(Cc1ccc2ccccc2n1)C1CSCCS1. The Bertz CT molecular complexity index is 567. The van der Waals surface area contributed by atoms with Gasteiger partial charge in [-0.15, -0.1) is 0 Å². The van der Waals surface area contributed by atoms with E-state index in [1.165, 1.54) is 28.3 Å². The average Bonchev–Trinajstić information content (AvgIpc) is 2.53. The van der Waals surface area contributed by atoms with Gasteiger partial charge in [0.25, 0.3) is 0 Å². The minimum atomic E-state index is 0.515. The van der Waals surface area contributed by atoms with Crippen molar-refractivity contribution in [2.45, 2.75) is 17.7 Å². The molecule has 1 aliphatic rings. The molecule has 1 fully saturated rings. The molecule has 0 amide bonds. The first-order valence-electron chi connectivity index (χ1n) is 7.08. The zero-order chi connectivity index (χ0) is 13.8. The van der Waals surface area contributed by atoms with Crippen molar-refractivity contribution in [1.82, 2.24) is 10.3 Å². The van der Waals surface area contributed by atoms with Crippen LogP contribution in [0.2, 0.25) is 0 Å². The molecule has 2 unspecified atom stereocenters. The molecule has 0 radical (unpaired) electrons. The maximum atomic E-state index is 4.80. The van der Waals surface area contributed by atoms with Gasteiger partial charge in [-0.3, -0.25) is 4.98 Å². The van der Waals surface area contributed by atoms with E-state index < -0.39 is 0 Å². The Labute approximate surface area is 129 Å². The third-order valence-corrected chi connectivity index (χ3v) is 6.67. The number of nitrogens with zero attached hydrogens (tertiary/aromatic N) is 1. The maximum absolute atomic E-state index is 4.80. The summed E-state index contributed by atoms with van der Waals surface area (Å²) in [7, 11) is 2.07. The van der Waals surface area contributed by atoms with E-state index in [0.717, 1.165) is 11.9 Å². The number of para-hydroxylation sites is 1. The monoisotopic (exact) mass is 304 g/mol. The first-order chi connectivity index (χ1) is 9.86. The highest BCUT2D eigenvalue weighted by Gasteiger charge is 2.23. The molecule has 2 aromatic rings. The Morgan fingerprint density at radius 2 is 2.15 bits per heavy atom. The molecule has 0 aliphatic carbocycles. The molecular formula is C16H20N2S2. The highest BCUT2D eigenvalue weighted by atomic mass is 32.2. The van der Waals surface area contributed by atoms with Crippen molar-refractivity contribution in [2.24, 2.45) is 0 Å². The Kier molecular flexibility index (Phi) is 4.86. The number of hydrogen-bond acceptors (Lipinski definition) is 4. The standard InChI is InChI=1S/C16H20N2S2/c1-17-15(16-11-19-8-9-20-16)10-13-7-6-12-4-2-3-5-14(12)18-13/h2-7,15-17H,8-11H2,1H3. The van der Waals surface area contributed by atoms with E-state index in [-0.39, 0.29) is 0 Å². The van der Waals surface area contributed by atoms with Gasteiger partial charge in [0.15, 0.2) is 0 Å². The van der Waals surface area contributed by atoms with Gasteiger partial charge in [0.1, 0.15) is 0 Å². The van der Waals surface area contributed by atoms with Gasteiger partial charge >= 0.3 is 0 Å². The smallest absolute Gasteiger partial charge is 0.0705 e. The molecule has 0 saturated carbocycles. The lowest BCUT2D eigenvalue weighted by Crippen LogP contribution is -2.40. The summed E-state index contributed by atoms with van der Waals surface area (Å²) in [4.78, 5) is 4.80. The Hall–Kier alpha value is -0.710. The highest BCUT2D eigenvalue weighted by Crippen LogP contribution is 2.27. The van der Waals surface area contributed by atoms with E-state index in [4.69, 9.17) is 4.98 Å². The molecule has 0 spiro atoms. The maximum Gasteiger partial charge on any atom is 0.0705 e. The Balaban J connectivity index is 1.76. The lowest BCUT2D eigenvalue weighted by Gasteiger charge is -2.29. The number of rotatable bonds is 4. The molecule has 1 N–H and O–H groups in total. The summed E-state index contributed by atoms with van der Waals surface area (Å²) in [5.41, 5.74) is 2.30. The van der Waals surface area contributed by atoms with Crippen LogP contribution in [-0.4, -0.2) is 40.6 Å². The summed E-state index contributed by atoms with van der Waals surface area (Å²) < 4.78 is 0. The van der Waals surface area contributed by atoms with Crippen molar-refractivity contribution in [3.05, 3.63) is 42.1 Å². The summed E-state index contributed by atoms with van der Waals surface area (Å²) in [6, 6.07) is 13.2. The summed E-state index contributed by atoms with van der Waals surface area (Å²) in [5, 5.41) is 5.42. The fourth-order valence-electron chi connectivity index (χ4n) is 2.60. The van der Waals surface area contributed by atoms with Gasteiger partial charge in [-0.05, 0) is 19.2 Å². The van der Waals surface area contributed by atoms with Crippen LogP contribution in [0, 0.1) is 0 Å². The van der Waals surface area contributed by atoms with Gasteiger partial charge in [-0.1, -0.05) is 24.3 Å². The molecule has 106 valence electrons. The van der Waals surface area contributed by atoms with Crippen molar-refractivity contribution in [1.29, 1.82) is 0 Å². The minimum Gasteiger partial charge on any atom is -0.315 e. The molecule has 1 aromatic carbocycles. The second-order valence-electron chi connectivity index (χ2n) is 5.08. The molecule has 2 heterocycles. The third kappa shape index (κ3) is 3.30. The van der Waals surface area contributed by atoms with Crippen molar-refractivity contribution in [2.75, 3.05) is 24.3 Å². The van der Waals surface area contributed by atoms with Gasteiger partial charge < -0.3 is 5.32 Å². The van der Waals surface area contributed by atoms with E-state index >= 15 is 0 Å². The Morgan fingerprint density at radius 3 is 2.95 bits per heavy atom. The second-order valence-corrected chi connectivity index (χ2v) is 7.58. The van der Waals surface area contributed by atoms with Crippen LogP contribution in [-0.2, 0) is 6.42 Å². The minimum absolute atomic E-state index is 0.515. The lowest BCUT2D eigenvalue weighted by molar-refractivity contribution is 0.552. The van der Waals surface area contributed by atoms with E-state index in [1.807, 2.05) is 0 Å². The lowest BCUT2D eigenvalue weighted by atomic mass is 10.1. The summed E-state index contributed by atoms with van der Waals surface area (Å²) >= 11 is 4.19. The van der Waals surface area contributed by atoms with Crippen molar-refractivity contribution in [3.8, 4) is 0 Å². The van der Waals surface area contributed by atoms with Crippen LogP contribution in [0.25, 0.3) is 10.9 Å². The zero-order valence-corrected chi connectivity index (χ0v) is 13.3. The average molecular weight is 304 g/mol. The number of likely N-dealkylation sites (N-methyl/N-ethyl adjacent to an activating group) is 1. The number of aromatic nitrogens is 1. The van der Waals surface area contributed by atoms with E-state index in [2.05, 4.69) is 72.3 Å². The fraction of sp³-hybridized carbons (Fsp3) is 0.438. The largest absolute Gasteiger partial charge is 0.315 e. The van der Waals surface area contributed by atoms with Gasteiger partial charge in [-0.2, -0.15) is 23.5 Å². The quantitative estimate of drug-likeness (QED) is 0.937. The first kappa shape index (κ1) is 14.2. The van der Waals surface area contributed by atoms with Gasteiger partial charge in [0.05, 0.1) is 5.52 Å². The summed E-state index contributed by atoms with van der Waals surface area (Å²) in [5.74, 6) is 3.83. The topological polar surface area (TPSA) is 24.9 Å². The Morgan fingerprint density at radius 1 is 1.25 bits per heavy atom. The van der Waals surface area contributed by atoms with Crippen LogP contribution in [0.1, 0.15) is 5.69 Å². The molecule has 3 rings (SSSR count). The highest BCUT2D eigenvalue weighted by molar-refractivity contribution is 8.06. The first-order valence-corrected chi connectivity index (χ1v) is 9.28. The number of pyridine rings is 1. The second kappa shape index (κ2) is 6.83. The molecule has 0 bridgehead atoms. The van der Waals surface area contributed by atoms with Gasteiger partial charge in [-0.25, -0.2) is 0 Å². The van der Waals surface area contributed by atoms with E-state index in [9.17, 15) is 0 Å². The molecule has 20 heavy (non-hydrogen) atoms. The van der Waals surface area contributed by atoms with Crippen molar-refractivity contribution < 1.29 is 0 Å². The zero-order valence-electron chi connectivity index (χ0n) is 11.7. The molecular weight excluding hydrogens is 284 g/mol. The van der Waals surface area contributed by atoms with Crippen LogP contribution in [0.4, 0.5) is 0 Å². The molecule has 2 atom stereocenters. The summed E-state index contributed by atoms with van der Waals surface area (Å²) in [6.07, 6.45) is 1.01. The summed E-state index contributed by atoms with van der Waals surface area (Å²) in [6.45, 7) is 0. The van der Waals surface area contributed by atoms with Gasteiger partial charge in [0.2, 0.25) is 0 Å². The van der Waals surface area contributed by atoms with Gasteiger partial charge in [0, 0.05) is 46.1 Å². The molecule has 1 saturated heterocycles. The van der Waals surface area contributed by atoms with Crippen LogP contribution in [0.15, 0.2) is 36.4 Å². The van der Waals surface area contributed by atoms with Crippen molar-refractivity contribution in [3.63, 3.8) is 0 Å².